The summed E-state index contributed by atoms with van der Waals surface area (Å²) < 4.78 is 5.68. The molecule has 0 aliphatic carbocycles. The smallest absolute Gasteiger partial charge is 0.252 e. The van der Waals surface area contributed by atoms with E-state index in [4.69, 9.17) is 4.74 Å². The van der Waals surface area contributed by atoms with Gasteiger partial charge in [0, 0.05) is 6.54 Å². The second-order valence-electron chi connectivity index (χ2n) is 5.69. The predicted molar refractivity (Wildman–Crippen MR) is 75.3 cm³/mol. The third-order valence-electron chi connectivity index (χ3n) is 4.38. The summed E-state index contributed by atoms with van der Waals surface area (Å²) in [6, 6.07) is 7.82. The highest BCUT2D eigenvalue weighted by Crippen LogP contribution is 2.31. The van der Waals surface area contributed by atoms with Crippen LogP contribution in [0.2, 0.25) is 0 Å². The average Bonchev–Trinajstić information content (AvgIpc) is 2.91. The van der Waals surface area contributed by atoms with E-state index in [0.717, 1.165) is 24.8 Å². The lowest BCUT2D eigenvalue weighted by atomic mass is 9.92. The molecule has 0 radical (unpaired) electrons. The van der Waals surface area contributed by atoms with E-state index in [-0.39, 0.29) is 30.8 Å². The van der Waals surface area contributed by atoms with Crippen molar-refractivity contribution in [2.45, 2.75) is 44.4 Å². The number of amides is 1. The molecule has 2 aliphatic rings. The minimum Gasteiger partial charge on any atom is -0.394 e. The first-order chi connectivity index (χ1) is 9.70. The first-order valence-corrected chi connectivity index (χ1v) is 7.35. The van der Waals surface area contributed by atoms with Crippen molar-refractivity contribution in [3.8, 4) is 0 Å². The highest BCUT2D eigenvalue weighted by atomic mass is 16.5. The van der Waals surface area contributed by atoms with Crippen LogP contribution in [0.5, 0.6) is 0 Å². The third-order valence-corrected chi connectivity index (χ3v) is 4.38. The van der Waals surface area contributed by atoms with Crippen LogP contribution in [0.3, 0.4) is 0 Å². The number of carbonyl (C=O) groups excluding carboxylic acids is 1. The van der Waals surface area contributed by atoms with Crippen LogP contribution in [0.4, 0.5) is 0 Å². The maximum atomic E-state index is 12.6. The van der Waals surface area contributed by atoms with Crippen LogP contribution in [0.15, 0.2) is 24.3 Å². The number of nitrogens with zero attached hydrogens (tertiary/aromatic N) is 1. The number of rotatable bonds is 2. The second-order valence-corrected chi connectivity index (χ2v) is 5.69. The van der Waals surface area contributed by atoms with Crippen LogP contribution in [0.1, 0.15) is 36.9 Å². The average molecular weight is 275 g/mol. The van der Waals surface area contributed by atoms with E-state index in [0.29, 0.717) is 6.54 Å². The van der Waals surface area contributed by atoms with Gasteiger partial charge in [0.1, 0.15) is 6.10 Å². The molecule has 1 aromatic rings. The monoisotopic (exact) mass is 275 g/mol. The molecular formula is C16H21NO3. The Morgan fingerprint density at radius 3 is 2.90 bits per heavy atom. The number of benzene rings is 1. The standard InChI is InChI=1S/C16H21NO3/c1-11-6-7-15(20-11)16(19)17-9-8-12-4-2-3-5-13(12)14(17)10-18/h2-5,11,14-15,18H,6-10H2,1H3. The van der Waals surface area contributed by atoms with Crippen LogP contribution in [0.25, 0.3) is 0 Å². The highest BCUT2D eigenvalue weighted by molar-refractivity contribution is 5.82. The number of aliphatic hydroxyl groups excluding tert-OH is 1. The van der Waals surface area contributed by atoms with Gasteiger partial charge >= 0.3 is 0 Å². The Morgan fingerprint density at radius 1 is 1.40 bits per heavy atom. The molecule has 0 aromatic heterocycles. The molecule has 0 spiro atoms. The molecule has 4 nitrogen and oxygen atoms in total. The summed E-state index contributed by atoms with van der Waals surface area (Å²) in [6.45, 7) is 2.63. The van der Waals surface area contributed by atoms with Gasteiger partial charge in [-0.05, 0) is 37.3 Å². The third kappa shape index (κ3) is 2.34. The van der Waals surface area contributed by atoms with Crippen LogP contribution >= 0.6 is 0 Å². The van der Waals surface area contributed by atoms with Crippen molar-refractivity contribution in [3.63, 3.8) is 0 Å². The lowest BCUT2D eigenvalue weighted by Crippen LogP contribution is -2.46. The lowest BCUT2D eigenvalue weighted by molar-refractivity contribution is -0.146. The molecule has 1 fully saturated rings. The van der Waals surface area contributed by atoms with Gasteiger partial charge in [-0.25, -0.2) is 0 Å². The second kappa shape index (κ2) is 5.54. The molecular weight excluding hydrogens is 254 g/mol. The molecule has 1 amide bonds. The van der Waals surface area contributed by atoms with Crippen molar-refractivity contribution in [3.05, 3.63) is 35.4 Å². The molecule has 3 unspecified atom stereocenters. The number of ether oxygens (including phenoxy) is 1. The minimum absolute atomic E-state index is 0.0305. The molecule has 3 atom stereocenters. The minimum atomic E-state index is -0.329. The van der Waals surface area contributed by atoms with Gasteiger partial charge in [-0.2, -0.15) is 0 Å². The fraction of sp³-hybridized carbons (Fsp3) is 0.562. The van der Waals surface area contributed by atoms with Gasteiger partial charge in [0.15, 0.2) is 0 Å². The summed E-state index contributed by atoms with van der Waals surface area (Å²) in [7, 11) is 0. The molecule has 20 heavy (non-hydrogen) atoms. The van der Waals surface area contributed by atoms with E-state index in [1.807, 2.05) is 25.1 Å². The number of fused-ring (bicyclic) bond motifs is 1. The number of carbonyl (C=O) groups is 1. The summed E-state index contributed by atoms with van der Waals surface area (Å²) in [5.41, 5.74) is 2.30. The zero-order chi connectivity index (χ0) is 14.1. The maximum absolute atomic E-state index is 12.6. The Labute approximate surface area is 119 Å². The molecule has 2 aliphatic heterocycles. The summed E-state index contributed by atoms with van der Waals surface area (Å²) in [6.07, 6.45) is 2.40. The van der Waals surface area contributed by atoms with Gasteiger partial charge in [0.05, 0.1) is 18.8 Å². The zero-order valence-corrected chi connectivity index (χ0v) is 11.8. The molecule has 1 aromatic carbocycles. The van der Waals surface area contributed by atoms with Crippen molar-refractivity contribution in [2.24, 2.45) is 0 Å². The SMILES string of the molecule is CC1CCC(C(=O)N2CCc3ccccc3C2CO)O1. The number of hydrogen-bond donors (Lipinski definition) is 1. The summed E-state index contributed by atoms with van der Waals surface area (Å²) in [5.74, 6) is 0.0305. The molecule has 1 N–H and O–H groups in total. The Morgan fingerprint density at radius 2 is 2.20 bits per heavy atom. The van der Waals surface area contributed by atoms with Crippen molar-refractivity contribution in [1.82, 2.24) is 4.90 Å². The predicted octanol–water partition coefficient (Wildman–Crippen LogP) is 1.67. The van der Waals surface area contributed by atoms with Crippen LogP contribution in [0, 0.1) is 0 Å². The molecule has 4 heteroatoms. The van der Waals surface area contributed by atoms with Crippen LogP contribution < -0.4 is 0 Å². The van der Waals surface area contributed by atoms with Gasteiger partial charge in [0.2, 0.25) is 0 Å². The van der Waals surface area contributed by atoms with Gasteiger partial charge in [-0.3, -0.25) is 4.79 Å². The van der Waals surface area contributed by atoms with Crippen molar-refractivity contribution in [1.29, 1.82) is 0 Å². The number of hydrogen-bond acceptors (Lipinski definition) is 3. The largest absolute Gasteiger partial charge is 0.394 e. The Balaban J connectivity index is 1.82. The molecule has 0 saturated carbocycles. The molecule has 0 bridgehead atoms. The lowest BCUT2D eigenvalue weighted by Gasteiger charge is -2.37. The van der Waals surface area contributed by atoms with E-state index in [1.54, 1.807) is 4.90 Å². The van der Waals surface area contributed by atoms with Crippen LogP contribution in [-0.4, -0.2) is 41.3 Å². The molecule has 108 valence electrons. The molecule has 3 rings (SSSR count). The summed E-state index contributed by atoms with van der Waals surface area (Å²) in [5, 5.41) is 9.72. The van der Waals surface area contributed by atoms with E-state index < -0.39 is 0 Å². The zero-order valence-electron chi connectivity index (χ0n) is 11.8. The van der Waals surface area contributed by atoms with Gasteiger partial charge < -0.3 is 14.7 Å². The maximum Gasteiger partial charge on any atom is 0.252 e. The molecule has 1 saturated heterocycles. The fourth-order valence-corrected chi connectivity index (χ4v) is 3.28. The summed E-state index contributed by atoms with van der Waals surface area (Å²) >= 11 is 0. The first-order valence-electron chi connectivity index (χ1n) is 7.35. The van der Waals surface area contributed by atoms with Gasteiger partial charge in [-0.15, -0.1) is 0 Å². The summed E-state index contributed by atoms with van der Waals surface area (Å²) in [4.78, 5) is 14.4. The topological polar surface area (TPSA) is 49.8 Å². The van der Waals surface area contributed by atoms with E-state index in [9.17, 15) is 9.90 Å². The number of aliphatic hydroxyl groups is 1. The molecule has 2 heterocycles. The quantitative estimate of drug-likeness (QED) is 0.893. The van der Waals surface area contributed by atoms with E-state index in [1.165, 1.54) is 5.56 Å². The Hall–Kier alpha value is -1.39. The fourth-order valence-electron chi connectivity index (χ4n) is 3.28. The van der Waals surface area contributed by atoms with Crippen molar-refractivity contribution < 1.29 is 14.6 Å². The van der Waals surface area contributed by atoms with Crippen LogP contribution in [-0.2, 0) is 16.0 Å². The van der Waals surface area contributed by atoms with Gasteiger partial charge in [-0.1, -0.05) is 24.3 Å². The van der Waals surface area contributed by atoms with E-state index in [2.05, 4.69) is 6.07 Å². The highest BCUT2D eigenvalue weighted by Gasteiger charge is 2.37. The van der Waals surface area contributed by atoms with E-state index >= 15 is 0 Å². The normalized spacial score (nSPS) is 29.3. The Kier molecular flexibility index (Phi) is 3.76. The van der Waals surface area contributed by atoms with Crippen molar-refractivity contribution in [2.75, 3.05) is 13.2 Å². The first kappa shape index (κ1) is 13.6. The Bertz CT molecular complexity index is 502. The van der Waals surface area contributed by atoms with Gasteiger partial charge in [0.25, 0.3) is 5.91 Å². The van der Waals surface area contributed by atoms with Crippen molar-refractivity contribution >= 4 is 5.91 Å².